The number of benzene rings is 1. The molecule has 3 amide bonds. The number of imide groups is 1. The molecule has 3 N–H and O–H groups in total. The maximum atomic E-state index is 11.9. The Labute approximate surface area is 118 Å². The topological polar surface area (TPSA) is 72.2 Å². The summed E-state index contributed by atoms with van der Waals surface area (Å²) < 4.78 is 0. The Morgan fingerprint density at radius 1 is 1.32 bits per heavy atom. The van der Waals surface area contributed by atoms with E-state index in [1.54, 1.807) is 0 Å². The molecular formula is C14H20N2O2S. The van der Waals surface area contributed by atoms with Gasteiger partial charge in [0.1, 0.15) is 0 Å². The van der Waals surface area contributed by atoms with E-state index in [0.717, 1.165) is 5.75 Å². The van der Waals surface area contributed by atoms with Crippen molar-refractivity contribution in [3.05, 3.63) is 35.4 Å². The number of urea groups is 1. The number of aryl methyl sites for hydroxylation is 1. The van der Waals surface area contributed by atoms with Crippen molar-refractivity contribution < 1.29 is 9.59 Å². The average Bonchev–Trinajstić information content (AvgIpc) is 2.30. The first-order valence-electron chi connectivity index (χ1n) is 6.18. The Morgan fingerprint density at radius 3 is 2.47 bits per heavy atom. The first kappa shape index (κ1) is 15.6. The number of nitrogens with two attached hydrogens (primary N) is 1. The molecule has 0 spiro atoms. The fraction of sp³-hybridized carbons (Fsp3) is 0.429. The summed E-state index contributed by atoms with van der Waals surface area (Å²) >= 11 is 1.53. The van der Waals surface area contributed by atoms with Gasteiger partial charge in [-0.2, -0.15) is 0 Å². The number of nitrogens with one attached hydrogen (secondary N) is 1. The van der Waals surface area contributed by atoms with Crippen LogP contribution in [0.2, 0.25) is 0 Å². The minimum absolute atomic E-state index is 0.133. The summed E-state index contributed by atoms with van der Waals surface area (Å²) in [5, 5.41) is 1.87. The highest BCUT2D eigenvalue weighted by Crippen LogP contribution is 2.25. The van der Waals surface area contributed by atoms with Crippen LogP contribution < -0.4 is 11.1 Å². The van der Waals surface area contributed by atoms with Crippen LogP contribution in [0.25, 0.3) is 0 Å². The molecule has 0 radical (unpaired) electrons. The van der Waals surface area contributed by atoms with Crippen molar-refractivity contribution in [1.29, 1.82) is 0 Å². The van der Waals surface area contributed by atoms with Gasteiger partial charge in [0.25, 0.3) is 0 Å². The minimum atomic E-state index is -0.799. The average molecular weight is 280 g/mol. The van der Waals surface area contributed by atoms with Gasteiger partial charge in [0.15, 0.2) is 0 Å². The van der Waals surface area contributed by atoms with Crippen LogP contribution in [0.5, 0.6) is 0 Å². The molecule has 0 bridgehead atoms. The van der Waals surface area contributed by atoms with E-state index in [1.165, 1.54) is 22.9 Å². The second-order valence-electron chi connectivity index (χ2n) is 4.76. The van der Waals surface area contributed by atoms with Gasteiger partial charge in [-0.05, 0) is 24.0 Å². The van der Waals surface area contributed by atoms with E-state index >= 15 is 0 Å². The molecule has 1 unspecified atom stereocenters. The lowest BCUT2D eigenvalue weighted by atomic mass is 10.1. The zero-order valence-corrected chi connectivity index (χ0v) is 12.3. The third-order valence-corrected chi connectivity index (χ3v) is 4.39. The number of hydrogen-bond donors (Lipinski definition) is 2. The molecular weight excluding hydrogens is 260 g/mol. The van der Waals surface area contributed by atoms with Crippen molar-refractivity contribution >= 4 is 23.7 Å². The molecule has 1 rings (SSSR count). The van der Waals surface area contributed by atoms with Crippen molar-refractivity contribution in [2.75, 3.05) is 0 Å². The number of amides is 3. The second kappa shape index (κ2) is 7.19. The van der Waals surface area contributed by atoms with Crippen molar-refractivity contribution in [3.8, 4) is 0 Å². The lowest BCUT2D eigenvalue weighted by Gasteiger charge is -2.19. The van der Waals surface area contributed by atoms with Gasteiger partial charge in [-0.1, -0.05) is 38.1 Å². The predicted octanol–water partition coefficient (Wildman–Crippen LogP) is 2.45. The van der Waals surface area contributed by atoms with Crippen LogP contribution in [0.15, 0.2) is 24.3 Å². The first-order valence-corrected chi connectivity index (χ1v) is 7.23. The summed E-state index contributed by atoms with van der Waals surface area (Å²) in [4.78, 5) is 22.6. The Bertz CT molecular complexity index is 461. The van der Waals surface area contributed by atoms with E-state index in [9.17, 15) is 9.59 Å². The number of thioether (sulfide) groups is 1. The molecule has 0 saturated carbocycles. The smallest absolute Gasteiger partial charge is 0.318 e. The van der Waals surface area contributed by atoms with Gasteiger partial charge >= 0.3 is 6.03 Å². The Hall–Kier alpha value is -1.49. The summed E-state index contributed by atoms with van der Waals surface area (Å²) in [6.07, 6.45) is 0. The number of primary amides is 1. The van der Waals surface area contributed by atoms with Crippen LogP contribution in [0.4, 0.5) is 4.79 Å². The summed E-state index contributed by atoms with van der Waals surface area (Å²) in [5.74, 6) is 0.552. The summed E-state index contributed by atoms with van der Waals surface area (Å²) in [6.45, 7) is 5.95. The minimum Gasteiger partial charge on any atom is -0.351 e. The zero-order chi connectivity index (χ0) is 14.4. The highest BCUT2D eigenvalue weighted by Gasteiger charge is 2.23. The summed E-state index contributed by atoms with van der Waals surface area (Å²) in [5.41, 5.74) is 7.38. The van der Waals surface area contributed by atoms with Crippen LogP contribution in [0.1, 0.15) is 25.0 Å². The van der Waals surface area contributed by atoms with Gasteiger partial charge in [0.05, 0.1) is 5.25 Å². The molecule has 0 aromatic heterocycles. The van der Waals surface area contributed by atoms with E-state index in [1.807, 2.05) is 45.0 Å². The van der Waals surface area contributed by atoms with Gasteiger partial charge in [0, 0.05) is 5.75 Å². The molecule has 0 fully saturated rings. The Kier molecular flexibility index (Phi) is 5.89. The molecule has 0 aliphatic heterocycles. The lowest BCUT2D eigenvalue weighted by molar-refractivity contribution is -0.120. The first-order chi connectivity index (χ1) is 8.91. The van der Waals surface area contributed by atoms with E-state index < -0.39 is 6.03 Å². The van der Waals surface area contributed by atoms with E-state index in [2.05, 4.69) is 5.32 Å². The van der Waals surface area contributed by atoms with Gasteiger partial charge in [0.2, 0.25) is 5.91 Å². The monoisotopic (exact) mass is 280 g/mol. The predicted molar refractivity (Wildman–Crippen MR) is 78.8 cm³/mol. The molecule has 1 atom stereocenters. The molecule has 0 saturated heterocycles. The maximum absolute atomic E-state index is 11.9. The SMILES string of the molecule is Cc1ccccc1CSC(C(=O)NC(N)=O)C(C)C. The standard InChI is InChI=1S/C14H20N2O2S/c1-9(2)12(13(17)16-14(15)18)19-8-11-7-5-4-6-10(11)3/h4-7,9,12H,8H2,1-3H3,(H3,15,16,17,18). The van der Waals surface area contributed by atoms with Crippen LogP contribution in [-0.2, 0) is 10.5 Å². The molecule has 0 heterocycles. The Balaban J connectivity index is 2.67. The van der Waals surface area contributed by atoms with Crippen molar-refractivity contribution in [2.24, 2.45) is 11.7 Å². The van der Waals surface area contributed by atoms with Gasteiger partial charge in [-0.25, -0.2) is 4.79 Å². The van der Waals surface area contributed by atoms with Crippen LogP contribution in [0, 0.1) is 12.8 Å². The molecule has 104 valence electrons. The third kappa shape index (κ3) is 4.95. The molecule has 4 nitrogen and oxygen atoms in total. The van der Waals surface area contributed by atoms with Gasteiger partial charge in [-0.3, -0.25) is 10.1 Å². The third-order valence-electron chi connectivity index (χ3n) is 2.79. The highest BCUT2D eigenvalue weighted by atomic mass is 32.2. The van der Waals surface area contributed by atoms with Gasteiger partial charge in [-0.15, -0.1) is 11.8 Å². The molecule has 19 heavy (non-hydrogen) atoms. The Morgan fingerprint density at radius 2 is 1.95 bits per heavy atom. The fourth-order valence-electron chi connectivity index (χ4n) is 1.72. The quantitative estimate of drug-likeness (QED) is 0.870. The van der Waals surface area contributed by atoms with Crippen LogP contribution in [0.3, 0.4) is 0 Å². The zero-order valence-electron chi connectivity index (χ0n) is 11.5. The number of carbonyl (C=O) groups excluding carboxylic acids is 2. The number of carbonyl (C=O) groups is 2. The van der Waals surface area contributed by atoms with E-state index in [-0.39, 0.29) is 17.1 Å². The van der Waals surface area contributed by atoms with E-state index in [0.29, 0.717) is 0 Å². The van der Waals surface area contributed by atoms with E-state index in [4.69, 9.17) is 5.73 Å². The normalized spacial score (nSPS) is 12.2. The number of hydrogen-bond acceptors (Lipinski definition) is 3. The summed E-state index contributed by atoms with van der Waals surface area (Å²) in [7, 11) is 0. The molecule has 1 aromatic carbocycles. The molecule has 5 heteroatoms. The largest absolute Gasteiger partial charge is 0.351 e. The molecule has 0 aliphatic carbocycles. The molecule has 0 aliphatic rings. The second-order valence-corrected chi connectivity index (χ2v) is 5.89. The molecule has 1 aromatic rings. The van der Waals surface area contributed by atoms with Crippen molar-refractivity contribution in [2.45, 2.75) is 31.8 Å². The van der Waals surface area contributed by atoms with Gasteiger partial charge < -0.3 is 5.73 Å². The highest BCUT2D eigenvalue weighted by molar-refractivity contribution is 7.99. The lowest BCUT2D eigenvalue weighted by Crippen LogP contribution is -2.42. The fourth-order valence-corrected chi connectivity index (χ4v) is 2.99. The number of rotatable bonds is 5. The van der Waals surface area contributed by atoms with Crippen molar-refractivity contribution in [1.82, 2.24) is 5.32 Å². The van der Waals surface area contributed by atoms with Crippen LogP contribution in [-0.4, -0.2) is 17.2 Å². The maximum Gasteiger partial charge on any atom is 0.318 e. The van der Waals surface area contributed by atoms with Crippen molar-refractivity contribution in [3.63, 3.8) is 0 Å². The summed E-state index contributed by atoms with van der Waals surface area (Å²) in [6, 6.07) is 7.27. The van der Waals surface area contributed by atoms with Crippen LogP contribution >= 0.6 is 11.8 Å².